The molecule has 178 valence electrons. The summed E-state index contributed by atoms with van der Waals surface area (Å²) in [6.07, 6.45) is 6.98. The zero-order valence-corrected chi connectivity index (χ0v) is 21.3. The van der Waals surface area contributed by atoms with Gasteiger partial charge in [0.25, 0.3) is 0 Å². The topological polar surface area (TPSA) is 0 Å². The first-order chi connectivity index (χ1) is 17.1. The third kappa shape index (κ3) is 4.72. The molecule has 1 aliphatic carbocycles. The van der Waals surface area contributed by atoms with Crippen molar-refractivity contribution >= 4 is 0 Å². The largest absolute Gasteiger partial charge is 0.0645 e. The van der Waals surface area contributed by atoms with Crippen LogP contribution >= 0.6 is 0 Å². The first-order valence-electron chi connectivity index (χ1n) is 13.3. The highest BCUT2D eigenvalue weighted by Crippen LogP contribution is 2.59. The van der Waals surface area contributed by atoms with Gasteiger partial charge in [-0.2, -0.15) is 0 Å². The van der Waals surface area contributed by atoms with Crippen molar-refractivity contribution in [3.05, 3.63) is 144 Å². The van der Waals surface area contributed by atoms with Crippen LogP contribution in [0.4, 0.5) is 0 Å². The van der Waals surface area contributed by atoms with Crippen LogP contribution in [0, 0.1) is 0 Å². The lowest BCUT2D eigenvalue weighted by Crippen LogP contribution is -2.51. The lowest BCUT2D eigenvalue weighted by Gasteiger charge is -2.56. The molecule has 4 aromatic carbocycles. The Labute approximate surface area is 212 Å². The van der Waals surface area contributed by atoms with Crippen LogP contribution in [0.2, 0.25) is 0 Å². The van der Waals surface area contributed by atoms with Crippen LogP contribution in [0.25, 0.3) is 0 Å². The zero-order chi connectivity index (χ0) is 24.2. The molecular formula is C35H38. The van der Waals surface area contributed by atoms with Gasteiger partial charge in [-0.3, -0.25) is 0 Å². The molecule has 0 aromatic heterocycles. The van der Waals surface area contributed by atoms with Crippen molar-refractivity contribution in [3.8, 4) is 0 Å². The predicted octanol–water partition coefficient (Wildman–Crippen LogP) is 9.05. The normalized spacial score (nSPS) is 26.3. The monoisotopic (exact) mass is 458 g/mol. The van der Waals surface area contributed by atoms with Gasteiger partial charge >= 0.3 is 0 Å². The Morgan fingerprint density at radius 1 is 0.514 bits per heavy atom. The van der Waals surface area contributed by atoms with Gasteiger partial charge in [-0.25, -0.2) is 0 Å². The maximum atomic E-state index is 2.54. The van der Waals surface area contributed by atoms with Crippen molar-refractivity contribution in [1.29, 1.82) is 0 Å². The van der Waals surface area contributed by atoms with Crippen LogP contribution in [-0.2, 0) is 22.7 Å². The number of hydrogen-bond acceptors (Lipinski definition) is 0. The van der Waals surface area contributed by atoms with E-state index in [1.54, 1.807) is 0 Å². The van der Waals surface area contributed by atoms with Crippen LogP contribution < -0.4 is 0 Å². The molecule has 35 heavy (non-hydrogen) atoms. The van der Waals surface area contributed by atoms with Crippen molar-refractivity contribution < 1.29 is 0 Å². The molecule has 1 saturated carbocycles. The smallest absolute Gasteiger partial charge is 0.00270 e. The molecule has 1 aliphatic rings. The summed E-state index contributed by atoms with van der Waals surface area (Å²) >= 11 is 0. The highest BCUT2D eigenvalue weighted by atomic mass is 14.6. The molecule has 0 bridgehead atoms. The average Bonchev–Trinajstić information content (AvgIpc) is 2.94. The van der Waals surface area contributed by atoms with Crippen LogP contribution in [0.3, 0.4) is 0 Å². The zero-order valence-electron chi connectivity index (χ0n) is 21.3. The summed E-state index contributed by atoms with van der Waals surface area (Å²) in [4.78, 5) is 0. The Morgan fingerprint density at radius 3 is 1.46 bits per heavy atom. The van der Waals surface area contributed by atoms with Crippen molar-refractivity contribution in [2.45, 2.75) is 68.6 Å². The van der Waals surface area contributed by atoms with Gasteiger partial charge in [0.2, 0.25) is 0 Å². The molecule has 3 atom stereocenters. The molecule has 0 saturated heterocycles. The minimum atomic E-state index is 0.0951. The lowest BCUT2D eigenvalue weighted by atomic mass is 9.47. The molecule has 5 rings (SSSR count). The van der Waals surface area contributed by atoms with Crippen molar-refractivity contribution in [2.24, 2.45) is 0 Å². The first-order valence-corrected chi connectivity index (χ1v) is 13.3. The highest BCUT2D eigenvalue weighted by molar-refractivity contribution is 5.39. The van der Waals surface area contributed by atoms with E-state index in [0.717, 1.165) is 19.3 Å². The van der Waals surface area contributed by atoms with Crippen LogP contribution in [-0.4, -0.2) is 0 Å². The maximum Gasteiger partial charge on any atom is -0.00270 e. The van der Waals surface area contributed by atoms with E-state index in [1.165, 1.54) is 41.5 Å². The van der Waals surface area contributed by atoms with Crippen LogP contribution in [0.15, 0.2) is 121 Å². The molecule has 0 aliphatic heterocycles. The summed E-state index contributed by atoms with van der Waals surface area (Å²) in [5, 5.41) is 0. The van der Waals surface area contributed by atoms with E-state index < -0.39 is 0 Å². The molecule has 0 amide bonds. The predicted molar refractivity (Wildman–Crippen MR) is 149 cm³/mol. The van der Waals surface area contributed by atoms with Gasteiger partial charge in [0.1, 0.15) is 0 Å². The SMILES string of the molecule is CCC1(c2ccccc2)CC(C)(c2ccccc2)C[C@@](CCc2ccccc2)(c2ccccc2)C1. The summed E-state index contributed by atoms with van der Waals surface area (Å²) in [5.74, 6) is 0. The fraction of sp³-hybridized carbons (Fsp3) is 0.314. The quantitative estimate of drug-likeness (QED) is 0.259. The lowest BCUT2D eigenvalue weighted by molar-refractivity contribution is 0.0980. The minimum Gasteiger partial charge on any atom is -0.0645 e. The van der Waals surface area contributed by atoms with E-state index in [1.807, 2.05) is 0 Å². The maximum absolute atomic E-state index is 2.54. The van der Waals surface area contributed by atoms with Gasteiger partial charge in [0.15, 0.2) is 0 Å². The van der Waals surface area contributed by atoms with Gasteiger partial charge in [-0.1, -0.05) is 135 Å². The van der Waals surface area contributed by atoms with E-state index in [2.05, 4.69) is 135 Å². The van der Waals surface area contributed by atoms with Crippen molar-refractivity contribution in [1.82, 2.24) is 0 Å². The number of benzene rings is 4. The molecule has 2 unspecified atom stereocenters. The molecule has 0 radical (unpaired) electrons. The standard InChI is InChI=1S/C35H38/c1-3-34(31-20-12-6-13-21-31)26-33(2,30-18-10-5-11-19-30)27-35(28-34,32-22-14-7-15-23-32)25-24-29-16-8-4-9-17-29/h4-23H,3,24-28H2,1-2H3/t33?,34?,35-/m1/s1. The van der Waals surface area contributed by atoms with Gasteiger partial charge in [-0.15, -0.1) is 0 Å². The molecule has 0 spiro atoms. The molecule has 1 fully saturated rings. The fourth-order valence-corrected chi connectivity index (χ4v) is 7.17. The summed E-state index contributed by atoms with van der Waals surface area (Å²) in [6.45, 7) is 4.95. The van der Waals surface area contributed by atoms with E-state index in [-0.39, 0.29) is 16.2 Å². The Balaban J connectivity index is 1.67. The number of rotatable bonds is 7. The summed E-state index contributed by atoms with van der Waals surface area (Å²) in [7, 11) is 0. The summed E-state index contributed by atoms with van der Waals surface area (Å²) in [5.41, 5.74) is 6.27. The summed E-state index contributed by atoms with van der Waals surface area (Å²) in [6, 6.07) is 45.2. The van der Waals surface area contributed by atoms with E-state index in [9.17, 15) is 0 Å². The second-order valence-electron chi connectivity index (χ2n) is 11.1. The van der Waals surface area contributed by atoms with E-state index in [0.29, 0.717) is 0 Å². The third-order valence-electron chi connectivity index (χ3n) is 8.79. The Morgan fingerprint density at radius 2 is 0.943 bits per heavy atom. The molecule has 0 nitrogen and oxygen atoms in total. The average molecular weight is 459 g/mol. The molecule has 4 aromatic rings. The van der Waals surface area contributed by atoms with E-state index in [4.69, 9.17) is 0 Å². The van der Waals surface area contributed by atoms with E-state index >= 15 is 0 Å². The number of hydrogen-bond donors (Lipinski definition) is 0. The van der Waals surface area contributed by atoms with Gasteiger partial charge in [0.05, 0.1) is 0 Å². The highest BCUT2D eigenvalue weighted by Gasteiger charge is 2.53. The second kappa shape index (κ2) is 9.86. The van der Waals surface area contributed by atoms with Crippen LogP contribution in [0.5, 0.6) is 0 Å². The Kier molecular flexibility index (Phi) is 6.65. The van der Waals surface area contributed by atoms with Gasteiger partial charge in [-0.05, 0) is 77.0 Å². The summed E-state index contributed by atoms with van der Waals surface area (Å²) < 4.78 is 0. The van der Waals surface area contributed by atoms with Crippen LogP contribution in [0.1, 0.15) is 68.2 Å². The molecular weight excluding hydrogens is 420 g/mol. The molecule has 0 N–H and O–H groups in total. The second-order valence-corrected chi connectivity index (χ2v) is 11.1. The van der Waals surface area contributed by atoms with Gasteiger partial charge in [0, 0.05) is 0 Å². The fourth-order valence-electron chi connectivity index (χ4n) is 7.17. The van der Waals surface area contributed by atoms with Gasteiger partial charge < -0.3 is 0 Å². The molecule has 0 heterocycles. The number of aryl methyl sites for hydroxylation is 1. The first kappa shape index (κ1) is 23.6. The molecule has 0 heteroatoms. The van der Waals surface area contributed by atoms with Crippen molar-refractivity contribution in [2.75, 3.05) is 0 Å². The van der Waals surface area contributed by atoms with Crippen molar-refractivity contribution in [3.63, 3.8) is 0 Å². The minimum absolute atomic E-state index is 0.0951. The third-order valence-corrected chi connectivity index (χ3v) is 8.79. The Hall–Kier alpha value is -3.12. The Bertz CT molecular complexity index is 1200.